The molecule has 0 aliphatic rings. The third-order valence-electron chi connectivity index (χ3n) is 3.00. The van der Waals surface area contributed by atoms with Crippen molar-refractivity contribution in [1.82, 2.24) is 4.98 Å². The molecule has 0 aliphatic heterocycles. The number of methoxy groups -OCH3 is 1. The third kappa shape index (κ3) is 4.66. The number of H-pyrrole nitrogens is 1. The number of hydrogen-bond acceptors (Lipinski definition) is 6. The number of nitrogens with zero attached hydrogens (tertiary/aromatic N) is 1. The standard InChI is InChI=1S/C14H11BrF2N2O6/c1-23-11-2-7(6-24-13(20)9-3-8(15)5-18-9)10(19(21)22)4-12(11)25-14(16)17/h2-5,14,18H,6H2,1H3. The Morgan fingerprint density at radius 1 is 1.36 bits per heavy atom. The van der Waals surface area contributed by atoms with Crippen LogP contribution < -0.4 is 9.47 Å². The number of carbonyl (C=O) groups excluding carboxylic acids is 1. The number of benzene rings is 1. The van der Waals surface area contributed by atoms with Gasteiger partial charge in [-0.25, -0.2) is 4.79 Å². The molecule has 0 aliphatic carbocycles. The number of halogens is 3. The van der Waals surface area contributed by atoms with E-state index >= 15 is 0 Å². The Balaban J connectivity index is 2.26. The summed E-state index contributed by atoms with van der Waals surface area (Å²) >= 11 is 3.15. The third-order valence-corrected chi connectivity index (χ3v) is 3.46. The van der Waals surface area contributed by atoms with Crippen LogP contribution >= 0.6 is 15.9 Å². The van der Waals surface area contributed by atoms with Crippen molar-refractivity contribution in [2.75, 3.05) is 7.11 Å². The van der Waals surface area contributed by atoms with Gasteiger partial charge in [-0.05, 0) is 28.1 Å². The van der Waals surface area contributed by atoms with Crippen LogP contribution in [-0.4, -0.2) is 29.6 Å². The molecule has 0 bridgehead atoms. The molecule has 2 rings (SSSR count). The minimum Gasteiger partial charge on any atom is -0.493 e. The van der Waals surface area contributed by atoms with Crippen LogP contribution in [0.15, 0.2) is 28.9 Å². The van der Waals surface area contributed by atoms with Crippen molar-refractivity contribution in [3.8, 4) is 11.5 Å². The lowest BCUT2D eigenvalue weighted by Gasteiger charge is -2.12. The molecule has 1 heterocycles. The predicted octanol–water partition coefficient (Wildman–Crippen LogP) is 3.65. The van der Waals surface area contributed by atoms with E-state index < -0.39 is 35.5 Å². The first kappa shape index (κ1) is 18.6. The molecule has 134 valence electrons. The molecule has 0 saturated heterocycles. The minimum absolute atomic E-state index is 0.0394. The van der Waals surface area contributed by atoms with E-state index in [9.17, 15) is 23.7 Å². The molecule has 25 heavy (non-hydrogen) atoms. The van der Waals surface area contributed by atoms with Crippen LogP contribution in [0.4, 0.5) is 14.5 Å². The van der Waals surface area contributed by atoms with Crippen molar-refractivity contribution in [3.63, 3.8) is 0 Å². The van der Waals surface area contributed by atoms with Gasteiger partial charge in [0.1, 0.15) is 12.3 Å². The number of hydrogen-bond donors (Lipinski definition) is 1. The number of carbonyl (C=O) groups is 1. The maximum Gasteiger partial charge on any atom is 0.387 e. The summed E-state index contributed by atoms with van der Waals surface area (Å²) < 4.78 is 39.5. The van der Waals surface area contributed by atoms with Gasteiger partial charge in [0.25, 0.3) is 5.69 Å². The van der Waals surface area contributed by atoms with Crippen LogP contribution in [0.5, 0.6) is 11.5 Å². The zero-order valence-electron chi connectivity index (χ0n) is 12.6. The molecule has 0 radical (unpaired) electrons. The number of nitrogens with one attached hydrogen (secondary N) is 1. The summed E-state index contributed by atoms with van der Waals surface area (Å²) in [5.74, 6) is -1.39. The smallest absolute Gasteiger partial charge is 0.387 e. The number of nitro groups is 1. The summed E-state index contributed by atoms with van der Waals surface area (Å²) in [7, 11) is 1.19. The van der Waals surface area contributed by atoms with E-state index in [1.807, 2.05) is 0 Å². The Morgan fingerprint density at radius 2 is 2.08 bits per heavy atom. The van der Waals surface area contributed by atoms with Crippen LogP contribution in [0.25, 0.3) is 0 Å². The van der Waals surface area contributed by atoms with Gasteiger partial charge >= 0.3 is 12.6 Å². The summed E-state index contributed by atoms with van der Waals surface area (Å²) in [6.45, 7) is -3.64. The monoisotopic (exact) mass is 420 g/mol. The second-order valence-electron chi connectivity index (χ2n) is 4.58. The summed E-state index contributed by atoms with van der Waals surface area (Å²) in [5, 5.41) is 11.1. The number of alkyl halides is 2. The average Bonchev–Trinajstić information content (AvgIpc) is 2.98. The lowest BCUT2D eigenvalue weighted by Crippen LogP contribution is -2.09. The van der Waals surface area contributed by atoms with Crippen LogP contribution in [-0.2, 0) is 11.3 Å². The van der Waals surface area contributed by atoms with Gasteiger partial charge in [-0.3, -0.25) is 10.1 Å². The number of aromatic amines is 1. The van der Waals surface area contributed by atoms with E-state index in [-0.39, 0.29) is 17.0 Å². The molecule has 2 aromatic rings. The molecule has 0 amide bonds. The van der Waals surface area contributed by atoms with Gasteiger partial charge in [-0.1, -0.05) is 0 Å². The normalized spacial score (nSPS) is 10.6. The Bertz CT molecular complexity index is 796. The molecule has 11 heteroatoms. The zero-order valence-corrected chi connectivity index (χ0v) is 14.2. The van der Waals surface area contributed by atoms with E-state index in [2.05, 4.69) is 25.7 Å². The maximum atomic E-state index is 12.4. The van der Waals surface area contributed by atoms with Gasteiger partial charge in [-0.2, -0.15) is 8.78 Å². The Kier molecular flexibility index (Phi) is 5.91. The quantitative estimate of drug-likeness (QED) is 0.416. The fourth-order valence-corrected chi connectivity index (χ4v) is 2.27. The van der Waals surface area contributed by atoms with Gasteiger partial charge < -0.3 is 19.2 Å². The average molecular weight is 421 g/mol. The first-order valence-electron chi connectivity index (χ1n) is 6.63. The predicted molar refractivity (Wildman–Crippen MR) is 83.9 cm³/mol. The summed E-state index contributed by atoms with van der Waals surface area (Å²) in [4.78, 5) is 24.9. The van der Waals surface area contributed by atoms with Gasteiger partial charge in [0.15, 0.2) is 11.5 Å². The van der Waals surface area contributed by atoms with Crippen molar-refractivity contribution in [3.05, 3.63) is 50.2 Å². The van der Waals surface area contributed by atoms with Gasteiger partial charge in [0.05, 0.1) is 23.7 Å². The summed E-state index contributed by atoms with van der Waals surface area (Å²) in [6, 6.07) is 3.37. The topological polar surface area (TPSA) is 104 Å². The molecule has 1 aromatic heterocycles. The van der Waals surface area contributed by atoms with Crippen molar-refractivity contribution in [1.29, 1.82) is 0 Å². The molecule has 0 spiro atoms. The number of rotatable bonds is 7. The van der Waals surface area contributed by atoms with Crippen LogP contribution in [0.3, 0.4) is 0 Å². The first-order chi connectivity index (χ1) is 11.8. The van der Waals surface area contributed by atoms with Crippen molar-refractivity contribution in [2.24, 2.45) is 0 Å². The fourth-order valence-electron chi connectivity index (χ4n) is 1.93. The van der Waals surface area contributed by atoms with Crippen molar-refractivity contribution in [2.45, 2.75) is 13.2 Å². The van der Waals surface area contributed by atoms with E-state index in [1.54, 1.807) is 0 Å². The second-order valence-corrected chi connectivity index (χ2v) is 5.49. The zero-order chi connectivity index (χ0) is 18.6. The number of aromatic nitrogens is 1. The lowest BCUT2D eigenvalue weighted by atomic mass is 10.1. The lowest BCUT2D eigenvalue weighted by molar-refractivity contribution is -0.386. The first-order valence-corrected chi connectivity index (χ1v) is 7.42. The maximum absolute atomic E-state index is 12.4. The van der Waals surface area contributed by atoms with Crippen molar-refractivity contribution < 1.29 is 32.7 Å². The van der Waals surface area contributed by atoms with Crippen molar-refractivity contribution >= 4 is 27.6 Å². The molecular formula is C14H11BrF2N2O6. The summed E-state index contributed by atoms with van der Waals surface area (Å²) in [6.07, 6.45) is 1.51. The molecular weight excluding hydrogens is 410 g/mol. The van der Waals surface area contributed by atoms with E-state index in [0.29, 0.717) is 4.47 Å². The van der Waals surface area contributed by atoms with Gasteiger partial charge in [0.2, 0.25) is 0 Å². The van der Waals surface area contributed by atoms with Gasteiger partial charge in [0, 0.05) is 10.7 Å². The number of nitro benzene ring substituents is 1. The second kappa shape index (κ2) is 7.92. The van der Waals surface area contributed by atoms with E-state index in [1.165, 1.54) is 19.4 Å². The molecule has 0 atom stereocenters. The van der Waals surface area contributed by atoms with Gasteiger partial charge in [-0.15, -0.1) is 0 Å². The highest BCUT2D eigenvalue weighted by molar-refractivity contribution is 9.10. The van der Waals surface area contributed by atoms with Crippen LogP contribution in [0, 0.1) is 10.1 Å². The Labute approximate surface area is 148 Å². The SMILES string of the molecule is COc1cc(COC(=O)c2cc(Br)c[nH]2)c([N+](=O)[O-])cc1OC(F)F. The highest BCUT2D eigenvalue weighted by Crippen LogP contribution is 2.36. The Morgan fingerprint density at radius 3 is 2.60 bits per heavy atom. The minimum atomic E-state index is -3.18. The number of esters is 1. The van der Waals surface area contributed by atoms with Crippen LogP contribution in [0.2, 0.25) is 0 Å². The van der Waals surface area contributed by atoms with Crippen LogP contribution in [0.1, 0.15) is 16.1 Å². The van der Waals surface area contributed by atoms with E-state index in [4.69, 9.17) is 9.47 Å². The summed E-state index contributed by atoms with van der Waals surface area (Å²) in [5.41, 5.74) is -0.446. The highest BCUT2D eigenvalue weighted by Gasteiger charge is 2.23. The largest absolute Gasteiger partial charge is 0.493 e. The molecule has 1 N–H and O–H groups in total. The Hall–Kier alpha value is -2.69. The number of ether oxygens (including phenoxy) is 3. The van der Waals surface area contributed by atoms with E-state index in [0.717, 1.165) is 12.1 Å². The fraction of sp³-hybridized carbons (Fsp3) is 0.214. The molecule has 8 nitrogen and oxygen atoms in total. The molecule has 0 saturated carbocycles. The highest BCUT2D eigenvalue weighted by atomic mass is 79.9. The molecule has 0 fully saturated rings. The molecule has 0 unspecified atom stereocenters. The molecule has 1 aromatic carbocycles.